The monoisotopic (exact) mass is 286 g/mol. The Balaban J connectivity index is 2.95. The number of hydrogen-bond donors (Lipinski definition) is 0. The largest absolute Gasteiger partial charge is 0.531 e. The smallest absolute Gasteiger partial charge is 0.244 e. The van der Waals surface area contributed by atoms with Gasteiger partial charge in [-0.25, -0.2) is 4.98 Å². The average molecular weight is 287 g/mol. The summed E-state index contributed by atoms with van der Waals surface area (Å²) >= 11 is 1.80. The Morgan fingerprint density at radius 3 is 2.18 bits per heavy atom. The van der Waals surface area contributed by atoms with Crippen molar-refractivity contribution < 1.29 is 4.43 Å². The van der Waals surface area contributed by atoms with Crippen LogP contribution in [0, 0.1) is 6.92 Å². The maximum absolute atomic E-state index is 5.98. The van der Waals surface area contributed by atoms with Crippen molar-refractivity contribution in [3.05, 3.63) is 11.8 Å². The highest BCUT2D eigenvalue weighted by atomic mass is 32.4. The van der Waals surface area contributed by atoms with Crippen LogP contribution in [-0.4, -0.2) is 25.5 Å². The second-order valence-electron chi connectivity index (χ2n) is 6.07. The van der Waals surface area contributed by atoms with Gasteiger partial charge in [0.05, 0.1) is 0 Å². The summed E-state index contributed by atoms with van der Waals surface area (Å²) in [7, 11) is -2.85. The molecule has 0 aliphatic carbocycles. The van der Waals surface area contributed by atoms with Gasteiger partial charge in [0.2, 0.25) is 14.2 Å². The minimum absolute atomic E-state index is 0.764. The minimum atomic E-state index is -1.60. The summed E-state index contributed by atoms with van der Waals surface area (Å²) in [4.78, 5) is 8.92. The summed E-state index contributed by atoms with van der Waals surface area (Å²) in [5, 5.41) is 0.850. The summed E-state index contributed by atoms with van der Waals surface area (Å²) in [6.07, 6.45) is 1.87. The van der Waals surface area contributed by atoms with E-state index in [1.54, 1.807) is 11.2 Å². The molecule has 0 saturated heterocycles. The number of rotatable bonds is 4. The summed E-state index contributed by atoms with van der Waals surface area (Å²) in [5.74, 6) is 0.764. The number of hydrogen-bond acceptors (Lipinski definition) is 4. The van der Waals surface area contributed by atoms with Crippen LogP contribution in [0.3, 0.4) is 0 Å². The van der Waals surface area contributed by atoms with Crippen LogP contribution in [0.5, 0.6) is 5.88 Å². The lowest BCUT2D eigenvalue weighted by molar-refractivity contribution is 0.518. The van der Waals surface area contributed by atoms with E-state index in [1.165, 1.54) is 0 Å². The second-order valence-corrected chi connectivity index (χ2v) is 19.6. The zero-order chi connectivity index (χ0) is 13.3. The Morgan fingerprint density at radius 1 is 1.12 bits per heavy atom. The minimum Gasteiger partial charge on any atom is -0.531 e. The topological polar surface area (TPSA) is 35.0 Å². The molecule has 6 heteroatoms. The molecule has 0 fully saturated rings. The van der Waals surface area contributed by atoms with Crippen molar-refractivity contribution in [1.82, 2.24) is 9.97 Å². The van der Waals surface area contributed by atoms with E-state index >= 15 is 0 Å². The van der Waals surface area contributed by atoms with Crippen molar-refractivity contribution in [2.75, 3.05) is 0 Å². The van der Waals surface area contributed by atoms with Gasteiger partial charge in [-0.3, -0.25) is 0 Å². The third kappa shape index (κ3) is 5.69. The van der Waals surface area contributed by atoms with Crippen molar-refractivity contribution in [2.24, 2.45) is 0 Å². The van der Waals surface area contributed by atoms with E-state index in [4.69, 9.17) is 4.43 Å². The molecule has 0 saturated carbocycles. The van der Waals surface area contributed by atoms with Gasteiger partial charge >= 0.3 is 0 Å². The van der Waals surface area contributed by atoms with Gasteiger partial charge in [0.15, 0.2) is 5.16 Å². The Labute approximate surface area is 110 Å². The Hall–Kier alpha value is -0.336. The highest BCUT2D eigenvalue weighted by Crippen LogP contribution is 2.28. The number of aryl methyl sites for hydroxylation is 1. The van der Waals surface area contributed by atoms with Gasteiger partial charge in [-0.2, -0.15) is 4.98 Å². The highest BCUT2D eigenvalue weighted by molar-refractivity contribution is 8.28. The van der Waals surface area contributed by atoms with Crippen LogP contribution in [0.25, 0.3) is 0 Å². The summed E-state index contributed by atoms with van der Waals surface area (Å²) in [6.45, 7) is 15.4. The molecule has 0 aromatic carbocycles. The van der Waals surface area contributed by atoms with Crippen LogP contribution in [0.1, 0.15) is 5.56 Å². The van der Waals surface area contributed by atoms with Crippen molar-refractivity contribution >= 4 is 26.8 Å². The fourth-order valence-electron chi connectivity index (χ4n) is 1.13. The zero-order valence-corrected chi connectivity index (χ0v) is 14.6. The van der Waals surface area contributed by atoms with Gasteiger partial charge in [0.1, 0.15) is 7.22 Å². The first-order valence-corrected chi connectivity index (χ1v) is 14.2. The lowest BCUT2D eigenvalue weighted by atomic mass is 10.4. The molecule has 1 aromatic rings. The van der Waals surface area contributed by atoms with Crippen LogP contribution in [0.4, 0.5) is 0 Å². The van der Waals surface area contributed by atoms with Crippen LogP contribution >= 0.6 is 11.2 Å². The van der Waals surface area contributed by atoms with E-state index in [-0.39, 0.29) is 0 Å². The van der Waals surface area contributed by atoms with Gasteiger partial charge in [0.25, 0.3) is 0 Å². The average Bonchev–Trinajstić information content (AvgIpc) is 2.05. The van der Waals surface area contributed by atoms with Crippen molar-refractivity contribution in [3.63, 3.8) is 0 Å². The molecule has 0 amide bonds. The Morgan fingerprint density at radius 2 is 1.71 bits per heavy atom. The molecule has 0 unspecified atom stereocenters. The summed E-state index contributed by atoms with van der Waals surface area (Å²) in [5.41, 5.74) is 1.02. The number of nitrogens with zero attached hydrogens (tertiary/aromatic N) is 2. The normalized spacial score (nSPS) is 12.6. The van der Waals surface area contributed by atoms with E-state index in [0.29, 0.717) is 0 Å². The third-order valence-electron chi connectivity index (χ3n) is 1.70. The van der Waals surface area contributed by atoms with Crippen LogP contribution in [-0.2, 0) is 0 Å². The Kier molecular flexibility index (Phi) is 4.43. The number of aromatic nitrogens is 2. The molecular formula is C11H22N2OSSi2. The maximum Gasteiger partial charge on any atom is 0.244 e. The van der Waals surface area contributed by atoms with E-state index in [0.717, 1.165) is 16.6 Å². The van der Waals surface area contributed by atoms with Crippen molar-refractivity contribution in [3.8, 4) is 5.88 Å². The van der Waals surface area contributed by atoms with E-state index in [2.05, 4.69) is 49.3 Å². The van der Waals surface area contributed by atoms with E-state index in [1.807, 2.05) is 13.1 Å². The maximum atomic E-state index is 5.98. The highest BCUT2D eigenvalue weighted by Gasteiger charge is 2.21. The van der Waals surface area contributed by atoms with Crippen molar-refractivity contribution in [1.29, 1.82) is 0 Å². The molecule has 0 radical (unpaired) electrons. The SMILES string of the molecule is Cc1cnc(S[Si](C)(C)C)nc1O[Si](C)(C)C. The molecule has 17 heavy (non-hydrogen) atoms. The fraction of sp³-hybridized carbons (Fsp3) is 0.636. The molecule has 96 valence electrons. The lowest BCUT2D eigenvalue weighted by Crippen LogP contribution is -2.30. The summed E-state index contributed by atoms with van der Waals surface area (Å²) in [6, 6.07) is 0. The molecule has 1 aromatic heterocycles. The van der Waals surface area contributed by atoms with Gasteiger partial charge < -0.3 is 4.43 Å². The van der Waals surface area contributed by atoms with Crippen LogP contribution in [0.2, 0.25) is 39.3 Å². The lowest BCUT2D eigenvalue weighted by Gasteiger charge is -2.20. The molecule has 0 atom stereocenters. The quantitative estimate of drug-likeness (QED) is 0.620. The molecule has 0 aliphatic heterocycles. The molecule has 1 rings (SSSR count). The molecule has 1 heterocycles. The van der Waals surface area contributed by atoms with Crippen LogP contribution in [0.15, 0.2) is 11.4 Å². The second kappa shape index (κ2) is 5.11. The van der Waals surface area contributed by atoms with E-state index < -0.39 is 15.5 Å². The van der Waals surface area contributed by atoms with Gasteiger partial charge in [-0.15, -0.1) is 11.2 Å². The fourth-order valence-corrected chi connectivity index (χ4v) is 4.63. The predicted molar refractivity (Wildman–Crippen MR) is 79.9 cm³/mol. The third-order valence-corrected chi connectivity index (χ3v) is 5.89. The van der Waals surface area contributed by atoms with Gasteiger partial charge in [0, 0.05) is 11.8 Å². The first-order chi connectivity index (χ1) is 7.57. The van der Waals surface area contributed by atoms with Crippen molar-refractivity contribution in [2.45, 2.75) is 51.4 Å². The molecule has 0 bridgehead atoms. The predicted octanol–water partition coefficient (Wildman–Crippen LogP) is 3.93. The first-order valence-electron chi connectivity index (χ1n) is 5.78. The molecule has 0 spiro atoms. The molecule has 3 nitrogen and oxygen atoms in total. The molecule has 0 N–H and O–H groups in total. The van der Waals surface area contributed by atoms with E-state index in [9.17, 15) is 0 Å². The van der Waals surface area contributed by atoms with Crippen LogP contribution < -0.4 is 4.43 Å². The van der Waals surface area contributed by atoms with Gasteiger partial charge in [-0.1, -0.05) is 19.6 Å². The molecule has 0 aliphatic rings. The first kappa shape index (κ1) is 14.7. The zero-order valence-electron chi connectivity index (χ0n) is 11.8. The standard InChI is InChI=1S/C11H22N2OSSi2/c1-9-8-12-11(15-17(5,6)7)13-10(9)14-16(2,3)4/h8H,1-7H3. The molecular weight excluding hydrogens is 264 g/mol. The summed E-state index contributed by atoms with van der Waals surface area (Å²) < 4.78 is 5.98. The van der Waals surface area contributed by atoms with Gasteiger partial charge in [-0.05, 0) is 26.6 Å². The Bertz CT molecular complexity index is 399.